The van der Waals surface area contributed by atoms with E-state index in [4.69, 9.17) is 9.73 Å². The summed E-state index contributed by atoms with van der Waals surface area (Å²) >= 11 is 0. The highest BCUT2D eigenvalue weighted by Crippen LogP contribution is 2.30. The van der Waals surface area contributed by atoms with Gasteiger partial charge in [0, 0.05) is 32.2 Å². The molecular formula is C21H32IN5O2. The summed E-state index contributed by atoms with van der Waals surface area (Å²) in [7, 11) is 2.00. The van der Waals surface area contributed by atoms with Crippen molar-refractivity contribution >= 4 is 29.9 Å². The Morgan fingerprint density at radius 3 is 2.69 bits per heavy atom. The zero-order valence-electron chi connectivity index (χ0n) is 17.2. The minimum atomic E-state index is -0.176. The Morgan fingerprint density at radius 2 is 2.03 bits per heavy atom. The molecule has 0 saturated carbocycles. The van der Waals surface area contributed by atoms with Gasteiger partial charge in [-0.1, -0.05) is 30.3 Å². The molecule has 0 aliphatic carbocycles. The number of ether oxygens (including phenoxy) is 1. The summed E-state index contributed by atoms with van der Waals surface area (Å²) in [5.74, 6) is 1.70. The summed E-state index contributed by atoms with van der Waals surface area (Å²) in [4.78, 5) is 14.8. The lowest BCUT2D eigenvalue weighted by Gasteiger charge is -2.34. The number of nitrogens with one attached hydrogen (secondary N) is 2. The van der Waals surface area contributed by atoms with Crippen LogP contribution >= 0.6 is 24.0 Å². The molecule has 0 amide bonds. The zero-order chi connectivity index (χ0) is 19.8. The molecule has 0 radical (unpaired) electrons. The van der Waals surface area contributed by atoms with Crippen LogP contribution in [-0.2, 0) is 11.3 Å². The third-order valence-electron chi connectivity index (χ3n) is 5.25. The fraction of sp³-hybridized carbons (Fsp3) is 0.524. The summed E-state index contributed by atoms with van der Waals surface area (Å²) < 4.78 is 5.45. The number of hydrogen-bond donors (Lipinski definition) is 3. The SMILES string of the molecule is CCNC(=NCC1(CO)CCOCC1)N(C)Cc1ncc(-c2ccccc2)[nH]1.I. The number of H-pyrrole nitrogens is 1. The Bertz CT molecular complexity index is 759. The van der Waals surface area contributed by atoms with Gasteiger partial charge in [-0.25, -0.2) is 4.98 Å². The quantitative estimate of drug-likeness (QED) is 0.301. The van der Waals surface area contributed by atoms with Crippen molar-refractivity contribution in [2.24, 2.45) is 10.4 Å². The van der Waals surface area contributed by atoms with E-state index in [1.54, 1.807) is 0 Å². The maximum absolute atomic E-state index is 9.90. The van der Waals surface area contributed by atoms with Crippen LogP contribution < -0.4 is 5.32 Å². The predicted molar refractivity (Wildman–Crippen MR) is 126 cm³/mol. The van der Waals surface area contributed by atoms with E-state index >= 15 is 0 Å². The number of benzene rings is 1. The van der Waals surface area contributed by atoms with E-state index in [-0.39, 0.29) is 36.0 Å². The summed E-state index contributed by atoms with van der Waals surface area (Å²) in [6.45, 7) is 5.57. The molecule has 1 aliphatic rings. The average Bonchev–Trinajstić information content (AvgIpc) is 3.21. The van der Waals surface area contributed by atoms with Crippen molar-refractivity contribution in [2.75, 3.05) is 40.0 Å². The number of imidazole rings is 1. The van der Waals surface area contributed by atoms with Crippen LogP contribution in [0.3, 0.4) is 0 Å². The van der Waals surface area contributed by atoms with Gasteiger partial charge in [-0.3, -0.25) is 4.99 Å². The normalized spacial score (nSPS) is 16.2. The molecule has 1 fully saturated rings. The minimum Gasteiger partial charge on any atom is -0.396 e. The Labute approximate surface area is 190 Å². The smallest absolute Gasteiger partial charge is 0.194 e. The number of aromatic nitrogens is 2. The van der Waals surface area contributed by atoms with E-state index in [0.717, 1.165) is 42.4 Å². The molecule has 0 bridgehead atoms. The molecule has 0 spiro atoms. The topological polar surface area (TPSA) is 85.8 Å². The molecule has 1 aromatic heterocycles. The number of rotatable bonds is 7. The molecule has 1 saturated heterocycles. The lowest BCUT2D eigenvalue weighted by Crippen LogP contribution is -2.41. The lowest BCUT2D eigenvalue weighted by atomic mass is 9.81. The van der Waals surface area contributed by atoms with Crippen molar-refractivity contribution in [1.82, 2.24) is 20.2 Å². The van der Waals surface area contributed by atoms with Crippen molar-refractivity contribution < 1.29 is 9.84 Å². The summed E-state index contributed by atoms with van der Waals surface area (Å²) in [6, 6.07) is 10.2. The largest absolute Gasteiger partial charge is 0.396 e. The Balaban J connectivity index is 0.00000300. The molecule has 8 heteroatoms. The minimum absolute atomic E-state index is 0. The van der Waals surface area contributed by atoms with Gasteiger partial charge in [-0.2, -0.15) is 0 Å². The molecule has 3 rings (SSSR count). The summed E-state index contributed by atoms with van der Waals surface area (Å²) in [6.07, 6.45) is 3.55. The second kappa shape index (κ2) is 11.5. The molecule has 160 valence electrons. The van der Waals surface area contributed by atoms with Crippen molar-refractivity contribution in [3.05, 3.63) is 42.4 Å². The molecule has 2 heterocycles. The fourth-order valence-electron chi connectivity index (χ4n) is 3.39. The molecule has 29 heavy (non-hydrogen) atoms. The average molecular weight is 513 g/mol. The fourth-order valence-corrected chi connectivity index (χ4v) is 3.39. The van der Waals surface area contributed by atoms with Crippen molar-refractivity contribution in [3.8, 4) is 11.3 Å². The number of aliphatic hydroxyl groups excluding tert-OH is 1. The van der Waals surface area contributed by atoms with Crippen LogP contribution in [0.5, 0.6) is 0 Å². The van der Waals surface area contributed by atoms with Crippen LogP contribution in [0.4, 0.5) is 0 Å². The number of guanidine groups is 1. The van der Waals surface area contributed by atoms with Crippen LogP contribution in [0, 0.1) is 5.41 Å². The van der Waals surface area contributed by atoms with E-state index in [1.165, 1.54) is 0 Å². The van der Waals surface area contributed by atoms with Crippen LogP contribution in [-0.4, -0.2) is 65.9 Å². The van der Waals surface area contributed by atoms with Gasteiger partial charge in [0.2, 0.25) is 0 Å². The first-order valence-corrected chi connectivity index (χ1v) is 9.93. The molecule has 7 nitrogen and oxygen atoms in total. The number of aliphatic imine (C=N–C) groups is 1. The number of aliphatic hydroxyl groups is 1. The molecular weight excluding hydrogens is 481 g/mol. The Morgan fingerprint density at radius 1 is 1.31 bits per heavy atom. The predicted octanol–water partition coefficient (Wildman–Crippen LogP) is 2.88. The van der Waals surface area contributed by atoms with Gasteiger partial charge in [0.15, 0.2) is 5.96 Å². The molecule has 3 N–H and O–H groups in total. The first-order valence-electron chi connectivity index (χ1n) is 9.93. The van der Waals surface area contributed by atoms with Gasteiger partial charge < -0.3 is 25.0 Å². The Kier molecular flexibility index (Phi) is 9.38. The molecule has 0 atom stereocenters. The highest BCUT2D eigenvalue weighted by molar-refractivity contribution is 14.0. The standard InChI is InChI=1S/C21H31N5O2.HI/c1-3-22-20(24-15-21(16-27)9-11-28-12-10-21)26(2)14-19-23-13-18(25-19)17-7-5-4-6-8-17;/h4-8,13,27H,3,9-12,14-16H2,1-2H3,(H,22,24)(H,23,25);1H. The van der Waals surface area contributed by atoms with E-state index in [2.05, 4.69) is 39.2 Å². The molecule has 1 aliphatic heterocycles. The van der Waals surface area contributed by atoms with E-state index in [9.17, 15) is 5.11 Å². The van der Waals surface area contributed by atoms with Crippen LogP contribution in [0.2, 0.25) is 0 Å². The lowest BCUT2D eigenvalue weighted by molar-refractivity contribution is -0.0107. The zero-order valence-corrected chi connectivity index (χ0v) is 19.6. The van der Waals surface area contributed by atoms with E-state index < -0.39 is 0 Å². The number of nitrogens with zero attached hydrogens (tertiary/aromatic N) is 3. The molecule has 2 aromatic rings. The second-order valence-electron chi connectivity index (χ2n) is 7.41. The highest BCUT2D eigenvalue weighted by Gasteiger charge is 2.32. The number of hydrogen-bond acceptors (Lipinski definition) is 4. The summed E-state index contributed by atoms with van der Waals surface area (Å²) in [5.41, 5.74) is 1.95. The third-order valence-corrected chi connectivity index (χ3v) is 5.25. The van der Waals surface area contributed by atoms with Gasteiger partial charge in [0.1, 0.15) is 5.82 Å². The van der Waals surface area contributed by atoms with Crippen molar-refractivity contribution in [1.29, 1.82) is 0 Å². The number of aromatic amines is 1. The van der Waals surface area contributed by atoms with Crippen LogP contribution in [0.1, 0.15) is 25.6 Å². The maximum Gasteiger partial charge on any atom is 0.194 e. The Hall–Kier alpha value is -1.65. The van der Waals surface area contributed by atoms with Crippen LogP contribution in [0.15, 0.2) is 41.5 Å². The first kappa shape index (κ1) is 23.6. The first-order chi connectivity index (χ1) is 13.7. The van der Waals surface area contributed by atoms with Gasteiger partial charge in [0.05, 0.1) is 31.6 Å². The van der Waals surface area contributed by atoms with Gasteiger partial charge in [-0.05, 0) is 25.3 Å². The maximum atomic E-state index is 9.90. The number of halogens is 1. The molecule has 1 aromatic carbocycles. The monoisotopic (exact) mass is 513 g/mol. The summed E-state index contributed by atoms with van der Waals surface area (Å²) in [5, 5.41) is 13.2. The van der Waals surface area contributed by atoms with Crippen LogP contribution in [0.25, 0.3) is 11.3 Å². The van der Waals surface area contributed by atoms with E-state index in [0.29, 0.717) is 26.3 Å². The van der Waals surface area contributed by atoms with Crippen molar-refractivity contribution in [3.63, 3.8) is 0 Å². The van der Waals surface area contributed by atoms with Gasteiger partial charge >= 0.3 is 0 Å². The highest BCUT2D eigenvalue weighted by atomic mass is 127. The van der Waals surface area contributed by atoms with E-state index in [1.807, 2.05) is 31.4 Å². The van der Waals surface area contributed by atoms with Gasteiger partial charge in [-0.15, -0.1) is 24.0 Å². The molecule has 0 unspecified atom stereocenters. The third kappa shape index (κ3) is 6.42. The van der Waals surface area contributed by atoms with Crippen molar-refractivity contribution in [2.45, 2.75) is 26.3 Å². The second-order valence-corrected chi connectivity index (χ2v) is 7.41. The van der Waals surface area contributed by atoms with Gasteiger partial charge in [0.25, 0.3) is 0 Å².